The van der Waals surface area contributed by atoms with Crippen LogP contribution in [0.4, 0.5) is 11.4 Å². The SMILES string of the molecule is CCC(C)(C)C(=O)N1CCC(Oc2ccc(NC(=O)C3CN(c4cccnc4)C3)cc2)CC1. The number of piperidine rings is 1. The van der Waals surface area contributed by atoms with Gasteiger partial charge in [0.05, 0.1) is 17.8 Å². The summed E-state index contributed by atoms with van der Waals surface area (Å²) in [5, 5.41) is 3.00. The Labute approximate surface area is 196 Å². The Morgan fingerprint density at radius 3 is 2.42 bits per heavy atom. The highest BCUT2D eigenvalue weighted by atomic mass is 16.5. The summed E-state index contributed by atoms with van der Waals surface area (Å²) in [6.07, 6.45) is 6.18. The second kappa shape index (κ2) is 9.81. The van der Waals surface area contributed by atoms with Crippen molar-refractivity contribution in [3.63, 3.8) is 0 Å². The second-order valence-corrected chi connectivity index (χ2v) is 9.67. The highest BCUT2D eigenvalue weighted by Crippen LogP contribution is 2.28. The van der Waals surface area contributed by atoms with Gasteiger partial charge in [-0.3, -0.25) is 14.6 Å². The second-order valence-electron chi connectivity index (χ2n) is 9.67. The molecule has 0 aliphatic carbocycles. The highest BCUT2D eigenvalue weighted by molar-refractivity contribution is 5.94. The number of pyridine rings is 1. The van der Waals surface area contributed by atoms with Crippen molar-refractivity contribution in [1.29, 1.82) is 0 Å². The Balaban J connectivity index is 1.21. The molecule has 2 aliphatic heterocycles. The first-order valence-electron chi connectivity index (χ1n) is 11.9. The van der Waals surface area contributed by atoms with Crippen molar-refractivity contribution in [1.82, 2.24) is 9.88 Å². The number of anilines is 2. The first-order chi connectivity index (χ1) is 15.9. The van der Waals surface area contributed by atoms with Crippen molar-refractivity contribution < 1.29 is 14.3 Å². The van der Waals surface area contributed by atoms with Gasteiger partial charge in [0.15, 0.2) is 0 Å². The van der Waals surface area contributed by atoms with E-state index < -0.39 is 0 Å². The van der Waals surface area contributed by atoms with Gasteiger partial charge in [-0.05, 0) is 42.8 Å². The van der Waals surface area contributed by atoms with E-state index in [1.54, 1.807) is 6.20 Å². The van der Waals surface area contributed by atoms with Crippen molar-refractivity contribution in [3.05, 3.63) is 48.8 Å². The Bertz CT molecular complexity index is 947. The van der Waals surface area contributed by atoms with E-state index in [2.05, 4.69) is 22.1 Å². The zero-order chi connectivity index (χ0) is 23.4. The zero-order valence-electron chi connectivity index (χ0n) is 19.8. The van der Waals surface area contributed by atoms with Crippen molar-refractivity contribution in [2.24, 2.45) is 11.3 Å². The van der Waals surface area contributed by atoms with Crippen LogP contribution >= 0.6 is 0 Å². The number of hydrogen-bond acceptors (Lipinski definition) is 5. The fraction of sp³-hybridized carbons (Fsp3) is 0.500. The average Bonchev–Trinajstić information content (AvgIpc) is 2.80. The average molecular weight is 451 g/mol. The Kier molecular flexibility index (Phi) is 6.86. The number of rotatable bonds is 7. The Hall–Kier alpha value is -3.09. The number of carbonyl (C=O) groups is 2. The fourth-order valence-electron chi connectivity index (χ4n) is 4.21. The van der Waals surface area contributed by atoms with E-state index in [1.165, 1.54) is 0 Å². The molecule has 2 saturated heterocycles. The quantitative estimate of drug-likeness (QED) is 0.691. The molecule has 0 spiro atoms. The molecule has 176 valence electrons. The lowest BCUT2D eigenvalue weighted by Gasteiger charge is -2.39. The van der Waals surface area contributed by atoms with Gasteiger partial charge < -0.3 is 19.9 Å². The third kappa shape index (κ3) is 5.46. The van der Waals surface area contributed by atoms with Gasteiger partial charge in [-0.2, -0.15) is 0 Å². The van der Waals surface area contributed by atoms with Gasteiger partial charge in [-0.1, -0.05) is 20.8 Å². The van der Waals surface area contributed by atoms with E-state index in [0.29, 0.717) is 13.1 Å². The maximum absolute atomic E-state index is 12.7. The topological polar surface area (TPSA) is 74.8 Å². The number of aromatic nitrogens is 1. The van der Waals surface area contributed by atoms with Gasteiger partial charge in [0, 0.05) is 56.3 Å². The minimum Gasteiger partial charge on any atom is -0.490 e. The van der Waals surface area contributed by atoms with Crippen LogP contribution in [-0.4, -0.2) is 54.0 Å². The van der Waals surface area contributed by atoms with Gasteiger partial charge in [-0.25, -0.2) is 0 Å². The largest absolute Gasteiger partial charge is 0.490 e. The minimum absolute atomic E-state index is 0.0216. The molecule has 33 heavy (non-hydrogen) atoms. The standard InChI is InChI=1S/C26H34N4O3/c1-4-26(2,3)25(32)29-14-11-23(12-15-29)33-22-9-7-20(8-10-22)28-24(31)19-17-30(18-19)21-6-5-13-27-16-21/h5-10,13,16,19,23H,4,11-12,14-15,17-18H2,1-3H3,(H,28,31). The number of carbonyl (C=O) groups excluding carboxylic acids is 2. The van der Waals surface area contributed by atoms with E-state index in [1.807, 2.05) is 61.3 Å². The lowest BCUT2D eigenvalue weighted by atomic mass is 9.87. The molecule has 0 atom stereocenters. The van der Waals surface area contributed by atoms with Gasteiger partial charge in [0.25, 0.3) is 0 Å². The lowest BCUT2D eigenvalue weighted by Crippen LogP contribution is -2.52. The summed E-state index contributed by atoms with van der Waals surface area (Å²) in [7, 11) is 0. The van der Waals surface area contributed by atoms with Gasteiger partial charge in [0.2, 0.25) is 11.8 Å². The van der Waals surface area contributed by atoms with E-state index in [-0.39, 0.29) is 29.3 Å². The van der Waals surface area contributed by atoms with Gasteiger partial charge in [0.1, 0.15) is 11.9 Å². The molecule has 2 aromatic rings. The molecular weight excluding hydrogens is 416 g/mol. The van der Waals surface area contributed by atoms with Crippen molar-refractivity contribution in [2.75, 3.05) is 36.4 Å². The van der Waals surface area contributed by atoms with Crippen LogP contribution in [0.1, 0.15) is 40.0 Å². The van der Waals surface area contributed by atoms with Crippen LogP contribution in [0.15, 0.2) is 48.8 Å². The number of nitrogens with zero attached hydrogens (tertiary/aromatic N) is 3. The summed E-state index contributed by atoms with van der Waals surface area (Å²) in [5.41, 5.74) is 1.52. The smallest absolute Gasteiger partial charge is 0.231 e. The molecule has 0 radical (unpaired) electrons. The summed E-state index contributed by atoms with van der Waals surface area (Å²) in [6, 6.07) is 11.5. The van der Waals surface area contributed by atoms with Gasteiger partial charge >= 0.3 is 0 Å². The van der Waals surface area contributed by atoms with Crippen LogP contribution in [-0.2, 0) is 9.59 Å². The molecular formula is C26H34N4O3. The third-order valence-electron chi connectivity index (χ3n) is 6.88. The summed E-state index contributed by atoms with van der Waals surface area (Å²) >= 11 is 0. The van der Waals surface area contributed by atoms with Crippen molar-refractivity contribution in [3.8, 4) is 5.75 Å². The molecule has 0 saturated carbocycles. The van der Waals surface area contributed by atoms with Crippen LogP contribution in [0.3, 0.4) is 0 Å². The predicted molar refractivity (Wildman–Crippen MR) is 129 cm³/mol. The molecule has 1 N–H and O–H groups in total. The number of likely N-dealkylation sites (tertiary alicyclic amines) is 1. The molecule has 0 bridgehead atoms. The monoisotopic (exact) mass is 450 g/mol. The number of hydrogen-bond donors (Lipinski definition) is 1. The molecule has 1 aromatic carbocycles. The highest BCUT2D eigenvalue weighted by Gasteiger charge is 2.34. The fourth-order valence-corrected chi connectivity index (χ4v) is 4.21. The van der Waals surface area contributed by atoms with E-state index in [9.17, 15) is 9.59 Å². The zero-order valence-corrected chi connectivity index (χ0v) is 19.8. The first-order valence-corrected chi connectivity index (χ1v) is 11.9. The molecule has 2 aliphatic rings. The molecule has 2 fully saturated rings. The Morgan fingerprint density at radius 2 is 1.82 bits per heavy atom. The first kappa shape index (κ1) is 23.1. The summed E-state index contributed by atoms with van der Waals surface area (Å²) in [4.78, 5) is 33.4. The number of nitrogens with one attached hydrogen (secondary N) is 1. The van der Waals surface area contributed by atoms with E-state index in [0.717, 1.165) is 49.5 Å². The lowest BCUT2D eigenvalue weighted by molar-refractivity contribution is -0.142. The van der Waals surface area contributed by atoms with Crippen LogP contribution in [0.5, 0.6) is 5.75 Å². The summed E-state index contributed by atoms with van der Waals surface area (Å²) in [6.45, 7) is 8.96. The molecule has 4 rings (SSSR count). The van der Waals surface area contributed by atoms with Crippen molar-refractivity contribution >= 4 is 23.2 Å². The molecule has 3 heterocycles. The Morgan fingerprint density at radius 1 is 1.12 bits per heavy atom. The molecule has 0 unspecified atom stereocenters. The van der Waals surface area contributed by atoms with E-state index >= 15 is 0 Å². The summed E-state index contributed by atoms with van der Waals surface area (Å²) < 4.78 is 6.13. The maximum Gasteiger partial charge on any atom is 0.231 e. The minimum atomic E-state index is -0.301. The van der Waals surface area contributed by atoms with Crippen LogP contribution < -0.4 is 15.0 Å². The number of amides is 2. The number of ether oxygens (including phenoxy) is 1. The van der Waals surface area contributed by atoms with E-state index in [4.69, 9.17) is 4.74 Å². The summed E-state index contributed by atoms with van der Waals surface area (Å²) in [5.74, 6) is 1.04. The normalized spacial score (nSPS) is 17.4. The molecule has 1 aromatic heterocycles. The predicted octanol–water partition coefficient (Wildman–Crippen LogP) is 3.96. The molecule has 2 amide bonds. The number of benzene rings is 1. The van der Waals surface area contributed by atoms with Crippen LogP contribution in [0.25, 0.3) is 0 Å². The van der Waals surface area contributed by atoms with Crippen molar-refractivity contribution in [2.45, 2.75) is 46.1 Å². The molecule has 7 heteroatoms. The maximum atomic E-state index is 12.7. The van der Waals surface area contributed by atoms with Gasteiger partial charge in [-0.15, -0.1) is 0 Å². The van der Waals surface area contributed by atoms with Crippen LogP contribution in [0, 0.1) is 11.3 Å². The third-order valence-corrected chi connectivity index (χ3v) is 6.88. The molecule has 7 nitrogen and oxygen atoms in total. The van der Waals surface area contributed by atoms with Crippen LogP contribution in [0.2, 0.25) is 0 Å².